The van der Waals surface area contributed by atoms with Gasteiger partial charge in [0, 0.05) is 42.3 Å². The van der Waals surface area contributed by atoms with Crippen LogP contribution >= 0.6 is 15.9 Å². The molecule has 1 atom stereocenters. The zero-order chi connectivity index (χ0) is 14.7. The van der Waals surface area contributed by atoms with Gasteiger partial charge in [0.2, 0.25) is 0 Å². The molecule has 2 nitrogen and oxygen atoms in total. The van der Waals surface area contributed by atoms with Crippen LogP contribution in [-0.2, 0) is 0 Å². The van der Waals surface area contributed by atoms with Crippen molar-refractivity contribution < 1.29 is 4.39 Å². The Morgan fingerprint density at radius 2 is 1.86 bits per heavy atom. The quantitative estimate of drug-likeness (QED) is 0.878. The molecule has 0 spiro atoms. The summed E-state index contributed by atoms with van der Waals surface area (Å²) in [6.45, 7) is 4.08. The molecule has 1 aromatic carbocycles. The molecule has 1 saturated carbocycles. The maximum Gasteiger partial charge on any atom is 0.129 e. The lowest BCUT2D eigenvalue weighted by atomic mass is 9.80. The second-order valence-corrected chi connectivity index (χ2v) is 7.21. The third kappa shape index (κ3) is 3.66. The van der Waals surface area contributed by atoms with Crippen molar-refractivity contribution in [3.05, 3.63) is 34.1 Å². The van der Waals surface area contributed by atoms with Gasteiger partial charge in [0.05, 0.1) is 0 Å². The van der Waals surface area contributed by atoms with Gasteiger partial charge in [-0.2, -0.15) is 0 Å². The zero-order valence-corrected chi connectivity index (χ0v) is 14.0. The molecule has 3 rings (SSSR count). The monoisotopic (exact) mass is 354 g/mol. The van der Waals surface area contributed by atoms with Crippen LogP contribution in [0.15, 0.2) is 22.7 Å². The van der Waals surface area contributed by atoms with E-state index in [9.17, 15) is 4.39 Å². The van der Waals surface area contributed by atoms with Crippen LogP contribution in [0.4, 0.5) is 4.39 Å². The van der Waals surface area contributed by atoms with Crippen LogP contribution in [0.3, 0.4) is 0 Å². The fourth-order valence-corrected chi connectivity index (χ4v) is 4.23. The van der Waals surface area contributed by atoms with Gasteiger partial charge in [-0.15, -0.1) is 0 Å². The second-order valence-electron chi connectivity index (χ2n) is 6.29. The summed E-state index contributed by atoms with van der Waals surface area (Å²) < 4.78 is 15.4. The number of nitrogens with one attached hydrogen (secondary N) is 1. The van der Waals surface area contributed by atoms with Gasteiger partial charge in [0.25, 0.3) is 0 Å². The highest BCUT2D eigenvalue weighted by Gasteiger charge is 2.32. The van der Waals surface area contributed by atoms with Gasteiger partial charge >= 0.3 is 0 Å². The molecule has 2 aliphatic rings. The lowest BCUT2D eigenvalue weighted by Crippen LogP contribution is -2.47. The van der Waals surface area contributed by atoms with E-state index in [0.29, 0.717) is 5.92 Å². The van der Waals surface area contributed by atoms with Gasteiger partial charge < -0.3 is 5.32 Å². The van der Waals surface area contributed by atoms with Gasteiger partial charge in [-0.25, -0.2) is 4.39 Å². The van der Waals surface area contributed by atoms with E-state index in [4.69, 9.17) is 0 Å². The lowest BCUT2D eigenvalue weighted by Gasteiger charge is -2.41. The number of nitrogens with zero attached hydrogens (tertiary/aromatic N) is 1. The summed E-state index contributed by atoms with van der Waals surface area (Å²) in [6, 6.07) is 5.84. The van der Waals surface area contributed by atoms with Gasteiger partial charge in [-0.1, -0.05) is 41.3 Å². The molecule has 0 radical (unpaired) electrons. The summed E-state index contributed by atoms with van der Waals surface area (Å²) in [5.41, 5.74) is 0.895. The Bertz CT molecular complexity index is 450. The van der Waals surface area contributed by atoms with Crippen molar-refractivity contribution in [3.8, 4) is 0 Å². The molecule has 1 aliphatic carbocycles. The zero-order valence-electron chi connectivity index (χ0n) is 12.5. The van der Waals surface area contributed by atoms with Gasteiger partial charge in [0.1, 0.15) is 5.82 Å². The summed E-state index contributed by atoms with van der Waals surface area (Å²) in [4.78, 5) is 2.50. The molecule has 21 heavy (non-hydrogen) atoms. The van der Waals surface area contributed by atoms with Crippen molar-refractivity contribution >= 4 is 15.9 Å². The van der Waals surface area contributed by atoms with E-state index >= 15 is 0 Å². The Balaban J connectivity index is 1.89. The number of hydrogen-bond donors (Lipinski definition) is 1. The molecule has 0 unspecified atom stereocenters. The fourth-order valence-electron chi connectivity index (χ4n) is 3.90. The predicted molar refractivity (Wildman–Crippen MR) is 87.9 cm³/mol. The SMILES string of the molecule is Fc1cc(Br)ccc1[C@H](C1CCCCC1)N1CCNCC1. The highest BCUT2D eigenvalue weighted by Crippen LogP contribution is 2.39. The van der Waals surface area contributed by atoms with E-state index in [1.807, 2.05) is 12.1 Å². The Kier molecular flexibility index (Phi) is 5.30. The Labute approximate surface area is 135 Å². The third-order valence-corrected chi connectivity index (χ3v) is 5.42. The van der Waals surface area contributed by atoms with Crippen molar-refractivity contribution in [2.75, 3.05) is 26.2 Å². The Morgan fingerprint density at radius 3 is 2.52 bits per heavy atom. The van der Waals surface area contributed by atoms with Crippen molar-refractivity contribution in [3.63, 3.8) is 0 Å². The van der Waals surface area contributed by atoms with E-state index in [0.717, 1.165) is 36.2 Å². The first-order valence-corrected chi connectivity index (χ1v) is 8.95. The molecule has 1 N–H and O–H groups in total. The van der Waals surface area contributed by atoms with E-state index in [1.54, 1.807) is 6.07 Å². The van der Waals surface area contributed by atoms with Gasteiger partial charge in [-0.05, 0) is 30.9 Å². The summed E-state index contributed by atoms with van der Waals surface area (Å²) in [6.07, 6.45) is 6.42. The number of benzene rings is 1. The van der Waals surface area contributed by atoms with E-state index in [2.05, 4.69) is 26.1 Å². The normalized spacial score (nSPS) is 23.1. The van der Waals surface area contributed by atoms with Crippen molar-refractivity contribution in [2.24, 2.45) is 5.92 Å². The first-order chi connectivity index (χ1) is 10.3. The standard InChI is InChI=1S/C17H24BrFN2/c18-14-6-7-15(16(19)12-14)17(13-4-2-1-3-5-13)21-10-8-20-9-11-21/h6-7,12-13,17,20H,1-5,8-11H2/t17-/m0/s1. The number of halogens is 2. The Hall–Kier alpha value is -0.450. The molecule has 1 saturated heterocycles. The minimum absolute atomic E-state index is 0.0570. The minimum atomic E-state index is -0.0570. The lowest BCUT2D eigenvalue weighted by molar-refractivity contribution is 0.101. The molecule has 116 valence electrons. The number of piperazine rings is 1. The average molecular weight is 355 g/mol. The summed E-state index contributed by atoms with van der Waals surface area (Å²) in [5.74, 6) is 0.547. The van der Waals surface area contributed by atoms with E-state index in [-0.39, 0.29) is 11.9 Å². The van der Waals surface area contributed by atoms with Gasteiger partial charge in [-0.3, -0.25) is 4.90 Å². The Morgan fingerprint density at radius 1 is 1.14 bits per heavy atom. The number of rotatable bonds is 3. The molecule has 0 bridgehead atoms. The molecule has 1 aliphatic heterocycles. The first kappa shape index (κ1) is 15.4. The summed E-state index contributed by atoms with van der Waals surface area (Å²) in [5, 5.41) is 3.40. The molecular weight excluding hydrogens is 331 g/mol. The highest BCUT2D eigenvalue weighted by molar-refractivity contribution is 9.10. The smallest absolute Gasteiger partial charge is 0.129 e. The van der Waals surface area contributed by atoms with Crippen LogP contribution in [0.2, 0.25) is 0 Å². The fraction of sp³-hybridized carbons (Fsp3) is 0.647. The van der Waals surface area contributed by atoms with Crippen molar-refractivity contribution in [1.29, 1.82) is 0 Å². The second kappa shape index (κ2) is 7.21. The van der Waals surface area contributed by atoms with E-state index < -0.39 is 0 Å². The van der Waals surface area contributed by atoms with Gasteiger partial charge in [0.15, 0.2) is 0 Å². The molecular formula is C17H24BrFN2. The molecule has 4 heteroatoms. The third-order valence-electron chi connectivity index (χ3n) is 4.92. The molecule has 2 fully saturated rings. The van der Waals surface area contributed by atoms with Crippen LogP contribution in [0, 0.1) is 11.7 Å². The van der Waals surface area contributed by atoms with Crippen LogP contribution < -0.4 is 5.32 Å². The summed E-state index contributed by atoms with van der Waals surface area (Å²) >= 11 is 3.37. The van der Waals surface area contributed by atoms with Crippen LogP contribution in [0.25, 0.3) is 0 Å². The minimum Gasteiger partial charge on any atom is -0.314 e. The van der Waals surface area contributed by atoms with Crippen molar-refractivity contribution in [2.45, 2.75) is 38.1 Å². The number of hydrogen-bond acceptors (Lipinski definition) is 2. The molecule has 0 amide bonds. The molecule has 1 heterocycles. The maximum atomic E-state index is 14.5. The topological polar surface area (TPSA) is 15.3 Å². The van der Waals surface area contributed by atoms with E-state index in [1.165, 1.54) is 32.1 Å². The predicted octanol–water partition coefficient (Wildman–Crippen LogP) is 4.11. The van der Waals surface area contributed by atoms with Crippen LogP contribution in [-0.4, -0.2) is 31.1 Å². The van der Waals surface area contributed by atoms with Crippen LogP contribution in [0.5, 0.6) is 0 Å². The molecule has 1 aromatic rings. The van der Waals surface area contributed by atoms with Crippen LogP contribution in [0.1, 0.15) is 43.7 Å². The average Bonchev–Trinajstić information content (AvgIpc) is 2.52. The first-order valence-electron chi connectivity index (χ1n) is 8.15. The summed E-state index contributed by atoms with van der Waals surface area (Å²) in [7, 11) is 0. The van der Waals surface area contributed by atoms with Crippen molar-refractivity contribution in [1.82, 2.24) is 10.2 Å². The maximum absolute atomic E-state index is 14.5. The highest BCUT2D eigenvalue weighted by atomic mass is 79.9. The molecule has 0 aromatic heterocycles. The largest absolute Gasteiger partial charge is 0.314 e.